The summed E-state index contributed by atoms with van der Waals surface area (Å²) in [5.41, 5.74) is -1.70. The summed E-state index contributed by atoms with van der Waals surface area (Å²) in [5, 5.41) is 6.17. The van der Waals surface area contributed by atoms with Crippen molar-refractivity contribution < 1.29 is 30.7 Å². The third kappa shape index (κ3) is 4.84. The molecule has 0 saturated heterocycles. The lowest BCUT2D eigenvalue weighted by molar-refractivity contribution is -0.0606. The second-order valence-corrected chi connectivity index (χ2v) is 2.42. The fourth-order valence-electron chi connectivity index (χ4n) is 0.382. The van der Waals surface area contributed by atoms with Gasteiger partial charge >= 0.3 is 18.4 Å². The molecule has 0 aromatic rings. The molecule has 0 aliphatic heterocycles. The van der Waals surface area contributed by atoms with Gasteiger partial charge in [-0.3, -0.25) is 5.41 Å². The van der Waals surface area contributed by atoms with Crippen molar-refractivity contribution in [1.82, 2.24) is 0 Å². The first-order valence-corrected chi connectivity index (χ1v) is 3.47. The van der Waals surface area contributed by atoms with Crippen molar-refractivity contribution in [3.05, 3.63) is 0 Å². The number of amidine groups is 2. The Bertz CT molecular complexity index is 335. The molecule has 92 valence electrons. The van der Waals surface area contributed by atoms with E-state index in [1.807, 2.05) is 4.99 Å². The number of alkyl halides is 6. The maximum atomic E-state index is 12.4. The Hall–Kier alpha value is -1.48. The summed E-state index contributed by atoms with van der Waals surface area (Å²) >= 11 is 0. The molecule has 3 nitrogen and oxygen atoms in total. The van der Waals surface area contributed by atoms with Gasteiger partial charge in [0.25, 0.3) is 0 Å². The number of nitrogens with one attached hydrogen (secondary N) is 1. The van der Waals surface area contributed by atoms with Crippen molar-refractivity contribution in [1.29, 1.82) is 5.41 Å². The van der Waals surface area contributed by atoms with E-state index in [1.165, 1.54) is 0 Å². The van der Waals surface area contributed by atoms with Gasteiger partial charge in [0.05, 0.1) is 0 Å². The van der Waals surface area contributed by atoms with Crippen LogP contribution in [0.5, 0.6) is 0 Å². The molecule has 0 aliphatic rings. The van der Waals surface area contributed by atoms with E-state index >= 15 is 0 Å². The van der Waals surface area contributed by atoms with Crippen LogP contribution in [0.15, 0.2) is 9.98 Å². The third-order valence-electron chi connectivity index (χ3n) is 1.14. The van der Waals surface area contributed by atoms with Crippen LogP contribution in [0.4, 0.5) is 30.7 Å². The van der Waals surface area contributed by atoms with E-state index in [4.69, 9.17) is 5.41 Å². The fraction of sp³-hybridized carbons (Fsp3) is 0.500. The van der Waals surface area contributed by atoms with E-state index in [0.717, 1.165) is 0 Å². The van der Waals surface area contributed by atoms with E-state index in [2.05, 4.69) is 4.99 Å². The number of halogens is 7. The predicted molar refractivity (Wildman–Crippen MR) is 41.5 cm³/mol. The first-order valence-electron chi connectivity index (χ1n) is 3.47. The molecule has 0 amide bonds. The Morgan fingerprint density at radius 2 is 1.38 bits per heavy atom. The third-order valence-corrected chi connectivity index (χ3v) is 1.14. The van der Waals surface area contributed by atoms with Crippen LogP contribution in [0, 0.1) is 5.41 Å². The standard InChI is InChI=1S/C6H4F7N3/c1-2(5(8,9)10)15-4(7)16-3(14)6(11,12)13/h14H,1H3. The van der Waals surface area contributed by atoms with Gasteiger partial charge in [-0.05, 0) is 6.92 Å². The summed E-state index contributed by atoms with van der Waals surface area (Å²) in [6.45, 7) is 0.353. The van der Waals surface area contributed by atoms with E-state index < -0.39 is 30.0 Å². The normalized spacial score (nSPS) is 15.2. The summed E-state index contributed by atoms with van der Waals surface area (Å²) < 4.78 is 82.5. The molecule has 0 radical (unpaired) electrons. The Morgan fingerprint density at radius 1 is 0.938 bits per heavy atom. The van der Waals surface area contributed by atoms with Crippen molar-refractivity contribution >= 4 is 17.6 Å². The monoisotopic (exact) mass is 251 g/mol. The lowest BCUT2D eigenvalue weighted by Gasteiger charge is -2.04. The second kappa shape index (κ2) is 4.58. The van der Waals surface area contributed by atoms with Crippen molar-refractivity contribution in [2.75, 3.05) is 0 Å². The number of hydrogen-bond donors (Lipinski definition) is 1. The van der Waals surface area contributed by atoms with Gasteiger partial charge in [0.15, 0.2) is 0 Å². The number of rotatable bonds is 0. The lowest BCUT2D eigenvalue weighted by atomic mass is 10.4. The lowest BCUT2D eigenvalue weighted by Crippen LogP contribution is -2.22. The zero-order valence-electron chi connectivity index (χ0n) is 7.54. The summed E-state index contributed by atoms with van der Waals surface area (Å²) in [4.78, 5) is 4.06. The van der Waals surface area contributed by atoms with Crippen LogP contribution < -0.4 is 0 Å². The molecule has 0 atom stereocenters. The van der Waals surface area contributed by atoms with Gasteiger partial charge in [-0.25, -0.2) is 4.99 Å². The quantitative estimate of drug-likeness (QED) is 0.298. The molecule has 0 heterocycles. The number of nitrogens with zero attached hydrogens (tertiary/aromatic N) is 2. The molecule has 10 heteroatoms. The van der Waals surface area contributed by atoms with Crippen LogP contribution in [0.2, 0.25) is 0 Å². The average Bonchev–Trinajstić information content (AvgIpc) is 1.99. The zero-order valence-corrected chi connectivity index (χ0v) is 7.54. The van der Waals surface area contributed by atoms with Crippen molar-refractivity contribution in [2.45, 2.75) is 19.3 Å². The van der Waals surface area contributed by atoms with Crippen LogP contribution >= 0.6 is 0 Å². The first kappa shape index (κ1) is 14.5. The molecule has 0 unspecified atom stereocenters. The van der Waals surface area contributed by atoms with Gasteiger partial charge in [0, 0.05) is 0 Å². The van der Waals surface area contributed by atoms with Crippen LogP contribution in [0.25, 0.3) is 0 Å². The van der Waals surface area contributed by atoms with E-state index in [0.29, 0.717) is 6.92 Å². The van der Waals surface area contributed by atoms with E-state index in [1.54, 1.807) is 0 Å². The summed E-state index contributed by atoms with van der Waals surface area (Å²) in [6, 6.07) is 0. The van der Waals surface area contributed by atoms with Crippen molar-refractivity contribution in [3.63, 3.8) is 0 Å². The summed E-state index contributed by atoms with van der Waals surface area (Å²) in [6.07, 6.45) is -12.5. The van der Waals surface area contributed by atoms with Crippen LogP contribution in [0.3, 0.4) is 0 Å². The Balaban J connectivity index is 4.91. The highest BCUT2D eigenvalue weighted by molar-refractivity contribution is 6.01. The van der Waals surface area contributed by atoms with Crippen LogP contribution in [-0.4, -0.2) is 30.0 Å². The van der Waals surface area contributed by atoms with E-state index in [9.17, 15) is 30.7 Å². The minimum Gasteiger partial charge on any atom is -0.279 e. The minimum absolute atomic E-state index is 0.353. The highest BCUT2D eigenvalue weighted by Crippen LogP contribution is 2.19. The molecule has 0 spiro atoms. The molecular weight excluding hydrogens is 247 g/mol. The van der Waals surface area contributed by atoms with Gasteiger partial charge in [0.2, 0.25) is 5.84 Å². The van der Waals surface area contributed by atoms with Gasteiger partial charge < -0.3 is 0 Å². The average molecular weight is 251 g/mol. The Morgan fingerprint density at radius 3 is 1.69 bits per heavy atom. The molecule has 16 heavy (non-hydrogen) atoms. The van der Waals surface area contributed by atoms with Gasteiger partial charge in [-0.15, -0.1) is 0 Å². The summed E-state index contributed by atoms with van der Waals surface area (Å²) in [7, 11) is 0. The van der Waals surface area contributed by atoms with E-state index in [-0.39, 0.29) is 0 Å². The molecule has 0 aliphatic carbocycles. The van der Waals surface area contributed by atoms with Gasteiger partial charge in [-0.1, -0.05) is 0 Å². The van der Waals surface area contributed by atoms with Crippen LogP contribution in [0.1, 0.15) is 6.92 Å². The number of aliphatic imine (C=N–C) groups is 2. The SMILES string of the molecule is CC(=NC(F)=NC(=N)C(F)(F)F)C(F)(F)F. The summed E-state index contributed by atoms with van der Waals surface area (Å²) in [5.74, 6) is -2.37. The Kier molecular flexibility index (Phi) is 4.15. The second-order valence-electron chi connectivity index (χ2n) is 2.42. The Labute approximate surface area is 84.2 Å². The maximum absolute atomic E-state index is 12.4. The fourth-order valence-corrected chi connectivity index (χ4v) is 0.382. The molecule has 0 bridgehead atoms. The first-order chi connectivity index (χ1) is 6.94. The molecule has 0 saturated carbocycles. The maximum Gasteiger partial charge on any atom is 0.451 e. The molecule has 0 aromatic heterocycles. The number of hydrogen-bond acceptors (Lipinski definition) is 1. The molecule has 0 rings (SSSR count). The van der Waals surface area contributed by atoms with Crippen LogP contribution in [-0.2, 0) is 0 Å². The minimum atomic E-state index is -5.24. The van der Waals surface area contributed by atoms with Gasteiger partial charge in [-0.2, -0.15) is 35.7 Å². The topological polar surface area (TPSA) is 48.6 Å². The molecule has 0 aromatic carbocycles. The molecule has 0 fully saturated rings. The zero-order chi connectivity index (χ0) is 13.1. The smallest absolute Gasteiger partial charge is 0.279 e. The largest absolute Gasteiger partial charge is 0.451 e. The molecule has 1 N–H and O–H groups in total. The predicted octanol–water partition coefficient (Wildman–Crippen LogP) is 2.87. The highest BCUT2D eigenvalue weighted by Gasteiger charge is 2.36. The molecular formula is C6H4F7N3. The van der Waals surface area contributed by atoms with Gasteiger partial charge in [0.1, 0.15) is 5.71 Å². The van der Waals surface area contributed by atoms with Crippen molar-refractivity contribution in [2.24, 2.45) is 9.98 Å². The van der Waals surface area contributed by atoms with Crippen molar-refractivity contribution in [3.8, 4) is 0 Å². The highest BCUT2D eigenvalue weighted by atomic mass is 19.4.